The summed E-state index contributed by atoms with van der Waals surface area (Å²) in [4.78, 5) is 31.5. The molecule has 0 radical (unpaired) electrons. The zero-order valence-electron chi connectivity index (χ0n) is 13.8. The van der Waals surface area contributed by atoms with Gasteiger partial charge >= 0.3 is 0 Å². The Bertz CT molecular complexity index is 993. The van der Waals surface area contributed by atoms with E-state index < -0.39 is 0 Å². The second-order valence-corrected chi connectivity index (χ2v) is 7.44. The molecule has 1 N–H and O–H groups in total. The molecule has 5 nitrogen and oxygen atoms in total. The van der Waals surface area contributed by atoms with Crippen LogP contribution in [0, 0.1) is 0 Å². The number of fused-ring (bicyclic) bond motifs is 2. The highest BCUT2D eigenvalue weighted by atomic mass is 32.1. The second-order valence-electron chi connectivity index (χ2n) is 6.36. The van der Waals surface area contributed by atoms with Crippen LogP contribution in [0.25, 0.3) is 20.3 Å². The van der Waals surface area contributed by atoms with Gasteiger partial charge in [-0.25, -0.2) is 4.98 Å². The van der Waals surface area contributed by atoms with Crippen LogP contribution >= 0.6 is 11.3 Å². The highest BCUT2D eigenvalue weighted by Gasteiger charge is 2.15. The maximum Gasteiger partial charge on any atom is 0.239 e. The first-order valence-electron chi connectivity index (χ1n) is 8.55. The molecule has 1 aromatic carbocycles. The third-order valence-electron chi connectivity index (χ3n) is 4.51. The number of nitrogens with one attached hydrogen (secondary N) is 1. The van der Waals surface area contributed by atoms with Crippen LogP contribution in [0.15, 0.2) is 41.2 Å². The molecule has 0 spiro atoms. The number of amides is 1. The standard InChI is InChI=1S/C19H19N3O2S/c23-17(12-22-10-4-1-5-11-22)20-16-9-8-15-18(21-16)19(24)13-6-2-3-7-14(13)25-15/h2-3,6-9H,1,4-5,10-12H2,(H,20,21,23). The number of piperidine rings is 1. The molecule has 1 aliphatic heterocycles. The zero-order chi connectivity index (χ0) is 17.2. The Morgan fingerprint density at radius 1 is 1.08 bits per heavy atom. The summed E-state index contributed by atoms with van der Waals surface area (Å²) in [6, 6.07) is 11.2. The van der Waals surface area contributed by atoms with Crippen molar-refractivity contribution in [3.63, 3.8) is 0 Å². The van der Waals surface area contributed by atoms with Gasteiger partial charge < -0.3 is 5.32 Å². The Labute approximate surface area is 149 Å². The molecule has 0 bridgehead atoms. The third kappa shape index (κ3) is 3.41. The zero-order valence-corrected chi connectivity index (χ0v) is 14.6. The van der Waals surface area contributed by atoms with E-state index in [0.29, 0.717) is 23.3 Å². The molecule has 0 atom stereocenters. The van der Waals surface area contributed by atoms with E-state index in [0.717, 1.165) is 35.3 Å². The molecule has 0 saturated carbocycles. The molecular weight excluding hydrogens is 334 g/mol. The lowest BCUT2D eigenvalue weighted by Crippen LogP contribution is -2.36. The number of carbonyl (C=O) groups excluding carboxylic acids is 1. The normalized spacial score (nSPS) is 15.5. The first-order chi connectivity index (χ1) is 12.2. The van der Waals surface area contributed by atoms with Crippen molar-refractivity contribution in [3.8, 4) is 0 Å². The molecule has 3 aromatic rings. The molecule has 0 unspecified atom stereocenters. The van der Waals surface area contributed by atoms with Crippen LogP contribution in [0.4, 0.5) is 5.82 Å². The van der Waals surface area contributed by atoms with Gasteiger partial charge in [-0.2, -0.15) is 0 Å². The first kappa shape index (κ1) is 16.2. The van der Waals surface area contributed by atoms with Crippen molar-refractivity contribution < 1.29 is 4.79 Å². The van der Waals surface area contributed by atoms with Gasteiger partial charge in [-0.1, -0.05) is 18.6 Å². The van der Waals surface area contributed by atoms with Gasteiger partial charge in [0.2, 0.25) is 11.3 Å². The lowest BCUT2D eigenvalue weighted by atomic mass is 10.1. The number of carbonyl (C=O) groups is 1. The van der Waals surface area contributed by atoms with Crippen LogP contribution in [0.2, 0.25) is 0 Å². The van der Waals surface area contributed by atoms with Crippen LogP contribution in [-0.2, 0) is 4.79 Å². The summed E-state index contributed by atoms with van der Waals surface area (Å²) in [6.45, 7) is 2.32. The minimum Gasteiger partial charge on any atom is -0.310 e. The molecule has 2 aromatic heterocycles. The number of hydrogen-bond acceptors (Lipinski definition) is 5. The van der Waals surface area contributed by atoms with Gasteiger partial charge in [-0.3, -0.25) is 14.5 Å². The summed E-state index contributed by atoms with van der Waals surface area (Å²) in [5.74, 6) is 0.361. The molecule has 1 aliphatic rings. The molecule has 1 fully saturated rings. The summed E-state index contributed by atoms with van der Waals surface area (Å²) in [5.41, 5.74) is 0.330. The average molecular weight is 353 g/mol. The molecule has 25 heavy (non-hydrogen) atoms. The van der Waals surface area contributed by atoms with E-state index in [1.165, 1.54) is 17.8 Å². The summed E-state index contributed by atoms with van der Waals surface area (Å²) < 4.78 is 1.78. The van der Waals surface area contributed by atoms with Gasteiger partial charge in [0.1, 0.15) is 11.3 Å². The Balaban J connectivity index is 1.60. The number of likely N-dealkylation sites (tertiary alicyclic amines) is 1. The first-order valence-corrected chi connectivity index (χ1v) is 9.37. The molecular formula is C19H19N3O2S. The molecule has 0 aliphatic carbocycles. The molecule has 4 rings (SSSR count). The monoisotopic (exact) mass is 353 g/mol. The predicted octanol–water partition coefficient (Wildman–Crippen LogP) is 3.23. The number of hydrogen-bond donors (Lipinski definition) is 1. The fourth-order valence-electron chi connectivity index (χ4n) is 3.25. The van der Waals surface area contributed by atoms with Crippen LogP contribution in [0.5, 0.6) is 0 Å². The number of pyridine rings is 1. The van der Waals surface area contributed by atoms with Crippen molar-refractivity contribution >= 4 is 43.4 Å². The summed E-state index contributed by atoms with van der Waals surface area (Å²) in [7, 11) is 0. The topological polar surface area (TPSA) is 62.3 Å². The minimum atomic E-state index is -0.0866. The lowest BCUT2D eigenvalue weighted by Gasteiger charge is -2.25. The Morgan fingerprint density at radius 2 is 1.88 bits per heavy atom. The lowest BCUT2D eigenvalue weighted by molar-refractivity contribution is -0.117. The quantitative estimate of drug-likeness (QED) is 0.734. The largest absolute Gasteiger partial charge is 0.310 e. The summed E-state index contributed by atoms with van der Waals surface area (Å²) >= 11 is 1.54. The molecule has 128 valence electrons. The van der Waals surface area contributed by atoms with Gasteiger partial charge in [-0.05, 0) is 50.2 Å². The van der Waals surface area contributed by atoms with Crippen molar-refractivity contribution in [3.05, 3.63) is 46.6 Å². The SMILES string of the molecule is O=C(CN1CCCCC1)Nc1ccc2sc3ccccc3c(=O)c2n1. The van der Waals surface area contributed by atoms with Crippen molar-refractivity contribution in [1.82, 2.24) is 9.88 Å². The number of aromatic nitrogens is 1. The van der Waals surface area contributed by atoms with Crippen LogP contribution in [-0.4, -0.2) is 35.4 Å². The Morgan fingerprint density at radius 3 is 2.72 bits per heavy atom. The number of anilines is 1. The van der Waals surface area contributed by atoms with E-state index in [2.05, 4.69) is 15.2 Å². The van der Waals surface area contributed by atoms with Gasteiger partial charge in [0.25, 0.3) is 0 Å². The van der Waals surface area contributed by atoms with Crippen molar-refractivity contribution in [2.24, 2.45) is 0 Å². The third-order valence-corrected chi connectivity index (χ3v) is 5.63. The maximum atomic E-state index is 12.7. The fourth-order valence-corrected chi connectivity index (χ4v) is 4.28. The summed E-state index contributed by atoms with van der Waals surface area (Å²) in [5, 5.41) is 3.50. The van der Waals surface area contributed by atoms with E-state index in [-0.39, 0.29) is 11.3 Å². The van der Waals surface area contributed by atoms with Gasteiger partial charge in [0.05, 0.1) is 11.2 Å². The number of benzene rings is 1. The predicted molar refractivity (Wildman–Crippen MR) is 102 cm³/mol. The van der Waals surface area contributed by atoms with Crippen LogP contribution in [0.1, 0.15) is 19.3 Å². The van der Waals surface area contributed by atoms with Crippen LogP contribution < -0.4 is 10.7 Å². The highest BCUT2D eigenvalue weighted by molar-refractivity contribution is 7.24. The fraction of sp³-hybridized carbons (Fsp3) is 0.316. The molecule has 1 amide bonds. The van der Waals surface area contributed by atoms with Crippen molar-refractivity contribution in [2.75, 3.05) is 25.0 Å². The number of rotatable bonds is 3. The maximum absolute atomic E-state index is 12.7. The minimum absolute atomic E-state index is 0.0781. The van der Waals surface area contributed by atoms with E-state index in [9.17, 15) is 9.59 Å². The molecule has 3 heterocycles. The molecule has 1 saturated heterocycles. The Hall–Kier alpha value is -2.31. The molecule has 6 heteroatoms. The van der Waals surface area contributed by atoms with Crippen LogP contribution in [0.3, 0.4) is 0 Å². The van der Waals surface area contributed by atoms with E-state index in [1.54, 1.807) is 6.07 Å². The van der Waals surface area contributed by atoms with E-state index >= 15 is 0 Å². The van der Waals surface area contributed by atoms with Gasteiger partial charge in [0, 0.05) is 10.1 Å². The highest BCUT2D eigenvalue weighted by Crippen LogP contribution is 2.24. The van der Waals surface area contributed by atoms with Gasteiger partial charge in [-0.15, -0.1) is 11.3 Å². The average Bonchev–Trinajstić information content (AvgIpc) is 2.63. The van der Waals surface area contributed by atoms with Crippen molar-refractivity contribution in [2.45, 2.75) is 19.3 Å². The van der Waals surface area contributed by atoms with Gasteiger partial charge in [0.15, 0.2) is 0 Å². The van der Waals surface area contributed by atoms with Crippen molar-refractivity contribution in [1.29, 1.82) is 0 Å². The number of nitrogens with zero attached hydrogens (tertiary/aromatic N) is 2. The Kier molecular flexibility index (Phi) is 4.46. The van der Waals surface area contributed by atoms with E-state index in [4.69, 9.17) is 0 Å². The summed E-state index contributed by atoms with van der Waals surface area (Å²) in [6.07, 6.45) is 3.54. The van der Waals surface area contributed by atoms with E-state index in [1.807, 2.05) is 30.3 Å². The second kappa shape index (κ2) is 6.90. The smallest absolute Gasteiger partial charge is 0.239 e.